The lowest BCUT2D eigenvalue weighted by Crippen LogP contribution is -2.24. The van der Waals surface area contributed by atoms with Crippen molar-refractivity contribution in [2.24, 2.45) is 0 Å². The lowest BCUT2D eigenvalue weighted by Gasteiger charge is -2.13. The molecule has 0 saturated heterocycles. The summed E-state index contributed by atoms with van der Waals surface area (Å²) in [6.45, 7) is 0.00610. The molecule has 2 rings (SSSR count). The van der Waals surface area contributed by atoms with Crippen molar-refractivity contribution in [2.45, 2.75) is 6.18 Å². The third-order valence-electron chi connectivity index (χ3n) is 2.64. The smallest absolute Gasteiger partial charge is 0.373 e. The lowest BCUT2D eigenvalue weighted by atomic mass is 10.1. The molecular formula is C14H9F3N2O. The van der Waals surface area contributed by atoms with Gasteiger partial charge in [-0.3, -0.25) is 9.78 Å². The Morgan fingerprint density at radius 2 is 2.05 bits per heavy atom. The number of benzene rings is 1. The number of anilines is 1. The number of nitrogens with zero attached hydrogens (tertiary/aromatic N) is 1. The first-order chi connectivity index (χ1) is 9.45. The van der Waals surface area contributed by atoms with Crippen LogP contribution in [0.25, 0.3) is 10.9 Å². The summed E-state index contributed by atoms with van der Waals surface area (Å²) in [4.78, 5) is 15.3. The molecule has 1 aromatic carbocycles. The number of aromatic nitrogens is 1. The van der Waals surface area contributed by atoms with Gasteiger partial charge in [0.05, 0.1) is 23.3 Å². The summed E-state index contributed by atoms with van der Waals surface area (Å²) < 4.78 is 37.8. The van der Waals surface area contributed by atoms with Crippen molar-refractivity contribution in [3.05, 3.63) is 36.0 Å². The molecule has 0 saturated carbocycles. The van der Waals surface area contributed by atoms with Gasteiger partial charge in [0.2, 0.25) is 0 Å². The van der Waals surface area contributed by atoms with Crippen LogP contribution in [0, 0.1) is 12.3 Å². The number of halogens is 3. The van der Waals surface area contributed by atoms with E-state index in [-0.39, 0.29) is 12.2 Å². The summed E-state index contributed by atoms with van der Waals surface area (Å²) in [5, 5.41) is 3.08. The molecule has 0 spiro atoms. The average molecular weight is 278 g/mol. The highest BCUT2D eigenvalue weighted by Crippen LogP contribution is 2.30. The monoisotopic (exact) mass is 278 g/mol. The van der Waals surface area contributed by atoms with Crippen LogP contribution in [0.2, 0.25) is 0 Å². The van der Waals surface area contributed by atoms with Gasteiger partial charge >= 0.3 is 6.18 Å². The van der Waals surface area contributed by atoms with E-state index in [1.165, 1.54) is 0 Å². The third-order valence-corrected chi connectivity index (χ3v) is 2.64. The number of para-hydroxylation sites is 1. The summed E-state index contributed by atoms with van der Waals surface area (Å²) >= 11 is 0. The number of carbonyl (C=O) groups excluding carboxylic acids is 1. The number of Topliss-reactive ketones (excluding diaryl/α,β-unsaturated/α-hetero) is 1. The molecule has 0 amide bonds. The van der Waals surface area contributed by atoms with E-state index < -0.39 is 17.5 Å². The van der Waals surface area contributed by atoms with Crippen molar-refractivity contribution in [3.8, 4) is 12.3 Å². The molecule has 6 heteroatoms. The normalized spacial score (nSPS) is 11.1. The summed E-state index contributed by atoms with van der Waals surface area (Å²) in [6.07, 6.45) is 1.05. The standard InChI is InChI=1S/C14H9F3N2O/c1-2-7-18-12-9-5-3-4-6-11(9)19-8-10(12)13(20)14(15,16)17/h1,3-6,8H,7H2,(H,18,19). The van der Waals surface area contributed by atoms with Crippen molar-refractivity contribution < 1.29 is 18.0 Å². The zero-order valence-corrected chi connectivity index (χ0v) is 10.2. The maximum atomic E-state index is 12.6. The minimum atomic E-state index is -4.96. The predicted molar refractivity (Wildman–Crippen MR) is 69.5 cm³/mol. The number of terminal acetylenes is 1. The minimum Gasteiger partial charge on any atom is -0.373 e. The molecule has 0 unspecified atom stereocenters. The number of rotatable bonds is 3. The molecule has 0 fully saturated rings. The van der Waals surface area contributed by atoms with Crippen LogP contribution in [0.4, 0.5) is 18.9 Å². The first kappa shape index (κ1) is 13.9. The molecule has 102 valence electrons. The first-order valence-electron chi connectivity index (χ1n) is 5.61. The van der Waals surface area contributed by atoms with E-state index in [1.807, 2.05) is 0 Å². The highest BCUT2D eigenvalue weighted by atomic mass is 19.4. The fraction of sp³-hybridized carbons (Fsp3) is 0.143. The van der Waals surface area contributed by atoms with Crippen LogP contribution in [-0.4, -0.2) is 23.5 Å². The average Bonchev–Trinajstić information content (AvgIpc) is 2.42. The summed E-state index contributed by atoms with van der Waals surface area (Å²) in [5.41, 5.74) is -0.00642. The summed E-state index contributed by atoms with van der Waals surface area (Å²) in [5.74, 6) is 0.313. The van der Waals surface area contributed by atoms with Crippen LogP contribution in [0.3, 0.4) is 0 Å². The number of pyridine rings is 1. The number of nitrogens with one attached hydrogen (secondary N) is 1. The van der Waals surface area contributed by atoms with Crippen LogP contribution in [0.15, 0.2) is 30.5 Å². The van der Waals surface area contributed by atoms with E-state index in [0.29, 0.717) is 10.9 Å². The molecule has 1 aromatic heterocycles. The van der Waals surface area contributed by atoms with Gasteiger partial charge in [0.1, 0.15) is 0 Å². The zero-order chi connectivity index (χ0) is 14.8. The molecule has 20 heavy (non-hydrogen) atoms. The van der Waals surface area contributed by atoms with Gasteiger partial charge in [-0.2, -0.15) is 13.2 Å². The summed E-state index contributed by atoms with van der Waals surface area (Å²) in [7, 11) is 0. The Kier molecular flexibility index (Phi) is 3.61. The van der Waals surface area contributed by atoms with Crippen molar-refractivity contribution in [3.63, 3.8) is 0 Å². The minimum absolute atomic E-state index is 0.00610. The highest BCUT2D eigenvalue weighted by molar-refractivity contribution is 6.10. The predicted octanol–water partition coefficient (Wildman–Crippen LogP) is 3.02. The van der Waals surface area contributed by atoms with Gasteiger partial charge in [0.15, 0.2) is 0 Å². The molecule has 3 nitrogen and oxygen atoms in total. The van der Waals surface area contributed by atoms with Crippen molar-refractivity contribution in [1.29, 1.82) is 0 Å². The van der Waals surface area contributed by atoms with Crippen molar-refractivity contribution in [2.75, 3.05) is 11.9 Å². The fourth-order valence-corrected chi connectivity index (χ4v) is 1.80. The Balaban J connectivity index is 2.65. The number of hydrogen-bond acceptors (Lipinski definition) is 3. The molecule has 0 atom stereocenters. The van der Waals surface area contributed by atoms with E-state index >= 15 is 0 Å². The molecule has 0 aliphatic heterocycles. The van der Waals surface area contributed by atoms with E-state index in [0.717, 1.165) is 6.20 Å². The quantitative estimate of drug-likeness (QED) is 0.693. The first-order valence-corrected chi connectivity index (χ1v) is 5.61. The topological polar surface area (TPSA) is 42.0 Å². The van der Waals surface area contributed by atoms with Gasteiger partial charge in [-0.15, -0.1) is 6.42 Å². The van der Waals surface area contributed by atoms with Gasteiger partial charge in [0.25, 0.3) is 5.78 Å². The van der Waals surface area contributed by atoms with Crippen molar-refractivity contribution >= 4 is 22.4 Å². The maximum Gasteiger partial charge on any atom is 0.455 e. The Morgan fingerprint density at radius 3 is 2.70 bits per heavy atom. The number of carbonyl (C=O) groups is 1. The van der Waals surface area contributed by atoms with Crippen LogP contribution in [0.1, 0.15) is 10.4 Å². The number of fused-ring (bicyclic) bond motifs is 1. The molecule has 1 heterocycles. The second kappa shape index (κ2) is 5.21. The summed E-state index contributed by atoms with van der Waals surface area (Å²) in [6, 6.07) is 6.56. The number of alkyl halides is 3. The van der Waals surface area contributed by atoms with Crippen LogP contribution >= 0.6 is 0 Å². The van der Waals surface area contributed by atoms with E-state index in [1.54, 1.807) is 24.3 Å². The number of hydrogen-bond donors (Lipinski definition) is 1. The largest absolute Gasteiger partial charge is 0.455 e. The Hall–Kier alpha value is -2.55. The van der Waals surface area contributed by atoms with Gasteiger partial charge < -0.3 is 5.32 Å². The third kappa shape index (κ3) is 2.57. The van der Waals surface area contributed by atoms with E-state index in [2.05, 4.69) is 16.2 Å². The number of ketones is 1. The van der Waals surface area contributed by atoms with Crippen LogP contribution in [-0.2, 0) is 0 Å². The van der Waals surface area contributed by atoms with Crippen molar-refractivity contribution in [1.82, 2.24) is 4.98 Å². The highest BCUT2D eigenvalue weighted by Gasteiger charge is 2.41. The molecule has 0 bridgehead atoms. The van der Waals surface area contributed by atoms with Gasteiger partial charge in [-0.25, -0.2) is 0 Å². The second-order valence-corrected chi connectivity index (χ2v) is 3.95. The molecule has 1 N–H and O–H groups in total. The maximum absolute atomic E-state index is 12.6. The van der Waals surface area contributed by atoms with Gasteiger partial charge in [0, 0.05) is 11.6 Å². The van der Waals surface area contributed by atoms with Gasteiger partial charge in [-0.05, 0) is 6.07 Å². The van der Waals surface area contributed by atoms with Gasteiger partial charge in [-0.1, -0.05) is 24.1 Å². The SMILES string of the molecule is C#CCNc1c(C(=O)C(F)(F)F)cnc2ccccc12. The van der Waals surface area contributed by atoms with E-state index in [9.17, 15) is 18.0 Å². The van der Waals surface area contributed by atoms with Crippen LogP contribution < -0.4 is 5.32 Å². The molecular weight excluding hydrogens is 269 g/mol. The fourth-order valence-electron chi connectivity index (χ4n) is 1.80. The second-order valence-electron chi connectivity index (χ2n) is 3.95. The molecule has 0 radical (unpaired) electrons. The molecule has 0 aliphatic carbocycles. The van der Waals surface area contributed by atoms with E-state index in [4.69, 9.17) is 6.42 Å². The Labute approximate surface area is 112 Å². The Morgan fingerprint density at radius 1 is 1.35 bits per heavy atom. The lowest BCUT2D eigenvalue weighted by molar-refractivity contribution is -0.0884. The zero-order valence-electron chi connectivity index (χ0n) is 10.2. The molecule has 0 aliphatic rings. The van der Waals surface area contributed by atoms with Crippen LogP contribution in [0.5, 0.6) is 0 Å². The molecule has 2 aromatic rings. The Bertz CT molecular complexity index is 702.